The third-order valence-electron chi connectivity index (χ3n) is 3.98. The van der Waals surface area contributed by atoms with E-state index in [1.807, 2.05) is 30.5 Å². The molecule has 0 saturated carbocycles. The molecule has 0 aliphatic carbocycles. The number of nitrogens with zero attached hydrogens (tertiary/aromatic N) is 1. The van der Waals surface area contributed by atoms with Crippen molar-refractivity contribution in [1.29, 1.82) is 0 Å². The predicted molar refractivity (Wildman–Crippen MR) is 80.6 cm³/mol. The zero-order valence-electron chi connectivity index (χ0n) is 12.1. The molecule has 116 valence electrons. The van der Waals surface area contributed by atoms with Crippen LogP contribution in [0.2, 0.25) is 0 Å². The molecule has 1 aromatic carbocycles. The largest absolute Gasteiger partial charge is 0.479 e. The summed E-state index contributed by atoms with van der Waals surface area (Å²) in [6.45, 7) is 0.855. The van der Waals surface area contributed by atoms with Crippen LogP contribution in [0.4, 0.5) is 0 Å². The van der Waals surface area contributed by atoms with Crippen molar-refractivity contribution in [2.45, 2.75) is 18.9 Å². The Balaban J connectivity index is 1.61. The molecule has 1 aliphatic heterocycles. The van der Waals surface area contributed by atoms with Gasteiger partial charge >= 0.3 is 5.97 Å². The van der Waals surface area contributed by atoms with Crippen LogP contribution >= 0.6 is 0 Å². The lowest BCUT2D eigenvalue weighted by atomic mass is 10.1. The number of rotatable bonds is 4. The fraction of sp³-hybridized carbons (Fsp3) is 0.375. The van der Waals surface area contributed by atoms with Gasteiger partial charge in [0.25, 0.3) is 0 Å². The predicted octanol–water partition coefficient (Wildman–Crippen LogP) is 1.41. The molecule has 1 aliphatic rings. The van der Waals surface area contributed by atoms with Gasteiger partial charge in [-0.15, -0.1) is 0 Å². The average molecular weight is 302 g/mol. The molecule has 3 rings (SSSR count). The molecule has 6 nitrogen and oxygen atoms in total. The molecule has 6 heteroatoms. The number of amides is 1. The first-order valence-electron chi connectivity index (χ1n) is 7.32. The number of carbonyl (C=O) groups is 2. The summed E-state index contributed by atoms with van der Waals surface area (Å²) in [5.74, 6) is -1.05. The SMILES string of the molecule is O=C(O)[C@@H]1CN(C(=O)CCc2c[nH]c3ccccc23)CCO1. The Bertz CT molecular complexity index is 694. The Hall–Kier alpha value is -2.34. The topological polar surface area (TPSA) is 82.6 Å². The number of aryl methyl sites for hydroxylation is 1. The van der Waals surface area contributed by atoms with Crippen LogP contribution in [0.3, 0.4) is 0 Å². The van der Waals surface area contributed by atoms with Crippen LogP contribution in [-0.2, 0) is 20.7 Å². The van der Waals surface area contributed by atoms with Crippen LogP contribution in [0.5, 0.6) is 0 Å². The van der Waals surface area contributed by atoms with E-state index in [-0.39, 0.29) is 19.1 Å². The number of carboxylic acids is 1. The van der Waals surface area contributed by atoms with Gasteiger partial charge in [0.05, 0.1) is 13.2 Å². The molecule has 1 amide bonds. The summed E-state index contributed by atoms with van der Waals surface area (Å²) >= 11 is 0. The number of aliphatic carboxylic acids is 1. The minimum Gasteiger partial charge on any atom is -0.479 e. The minimum atomic E-state index is -1.02. The Labute approximate surface area is 127 Å². The van der Waals surface area contributed by atoms with E-state index in [0.717, 1.165) is 16.5 Å². The normalized spacial score (nSPS) is 18.5. The van der Waals surface area contributed by atoms with Gasteiger partial charge in [0.1, 0.15) is 0 Å². The lowest BCUT2D eigenvalue weighted by Crippen LogP contribution is -2.48. The number of para-hydroxylation sites is 1. The van der Waals surface area contributed by atoms with Crippen molar-refractivity contribution in [2.24, 2.45) is 0 Å². The van der Waals surface area contributed by atoms with E-state index < -0.39 is 12.1 Å². The zero-order valence-corrected chi connectivity index (χ0v) is 12.1. The number of hydrogen-bond acceptors (Lipinski definition) is 3. The van der Waals surface area contributed by atoms with Crippen LogP contribution < -0.4 is 0 Å². The van der Waals surface area contributed by atoms with Gasteiger partial charge < -0.3 is 19.7 Å². The van der Waals surface area contributed by atoms with Gasteiger partial charge in [-0.2, -0.15) is 0 Å². The first-order valence-corrected chi connectivity index (χ1v) is 7.32. The van der Waals surface area contributed by atoms with Crippen molar-refractivity contribution in [3.63, 3.8) is 0 Å². The number of ether oxygens (including phenoxy) is 1. The number of H-pyrrole nitrogens is 1. The molecule has 2 aromatic rings. The van der Waals surface area contributed by atoms with Gasteiger partial charge in [0.15, 0.2) is 6.10 Å². The summed E-state index contributed by atoms with van der Waals surface area (Å²) in [6.07, 6.45) is 2.02. The second kappa shape index (κ2) is 6.19. The van der Waals surface area contributed by atoms with Crippen molar-refractivity contribution in [1.82, 2.24) is 9.88 Å². The van der Waals surface area contributed by atoms with E-state index >= 15 is 0 Å². The lowest BCUT2D eigenvalue weighted by molar-refractivity contribution is -0.159. The molecule has 1 fully saturated rings. The van der Waals surface area contributed by atoms with Gasteiger partial charge in [-0.3, -0.25) is 4.79 Å². The number of fused-ring (bicyclic) bond motifs is 1. The van der Waals surface area contributed by atoms with Gasteiger partial charge in [-0.05, 0) is 18.1 Å². The number of hydrogen-bond donors (Lipinski definition) is 2. The minimum absolute atomic E-state index is 0.0279. The number of carboxylic acid groups (broad SMARTS) is 1. The van der Waals surface area contributed by atoms with Gasteiger partial charge in [-0.25, -0.2) is 4.79 Å². The maximum atomic E-state index is 12.3. The zero-order chi connectivity index (χ0) is 15.5. The highest BCUT2D eigenvalue weighted by Gasteiger charge is 2.28. The molecule has 0 radical (unpaired) electrons. The van der Waals surface area contributed by atoms with E-state index in [1.54, 1.807) is 4.90 Å². The van der Waals surface area contributed by atoms with Crippen molar-refractivity contribution < 1.29 is 19.4 Å². The van der Waals surface area contributed by atoms with E-state index in [2.05, 4.69) is 4.98 Å². The van der Waals surface area contributed by atoms with Crippen molar-refractivity contribution >= 4 is 22.8 Å². The van der Waals surface area contributed by atoms with E-state index in [9.17, 15) is 9.59 Å². The van der Waals surface area contributed by atoms with Crippen molar-refractivity contribution in [2.75, 3.05) is 19.7 Å². The molecule has 0 unspecified atom stereocenters. The Kier molecular flexibility index (Phi) is 4.11. The molecule has 1 aromatic heterocycles. The summed E-state index contributed by atoms with van der Waals surface area (Å²) in [7, 11) is 0. The molecule has 2 N–H and O–H groups in total. The van der Waals surface area contributed by atoms with Gasteiger partial charge in [0, 0.05) is 30.1 Å². The van der Waals surface area contributed by atoms with E-state index in [0.29, 0.717) is 19.4 Å². The van der Waals surface area contributed by atoms with Crippen LogP contribution in [0, 0.1) is 0 Å². The second-order valence-corrected chi connectivity index (χ2v) is 5.40. The maximum Gasteiger partial charge on any atom is 0.334 e. The van der Waals surface area contributed by atoms with Crippen molar-refractivity contribution in [3.8, 4) is 0 Å². The fourth-order valence-electron chi connectivity index (χ4n) is 2.76. The summed E-state index contributed by atoms with van der Waals surface area (Å²) in [6, 6.07) is 7.97. The number of aromatic nitrogens is 1. The third-order valence-corrected chi connectivity index (χ3v) is 3.98. The second-order valence-electron chi connectivity index (χ2n) is 5.40. The van der Waals surface area contributed by atoms with E-state index in [4.69, 9.17) is 9.84 Å². The van der Waals surface area contributed by atoms with Crippen LogP contribution in [-0.4, -0.2) is 52.7 Å². The lowest BCUT2D eigenvalue weighted by Gasteiger charge is -2.30. The first-order chi connectivity index (χ1) is 10.6. The Morgan fingerprint density at radius 2 is 2.18 bits per heavy atom. The highest BCUT2D eigenvalue weighted by Crippen LogP contribution is 2.19. The smallest absolute Gasteiger partial charge is 0.334 e. The summed E-state index contributed by atoms with van der Waals surface area (Å²) < 4.78 is 5.13. The number of carbonyl (C=O) groups excluding carboxylic acids is 1. The quantitative estimate of drug-likeness (QED) is 0.894. The summed E-state index contributed by atoms with van der Waals surface area (Å²) in [4.78, 5) is 28.0. The highest BCUT2D eigenvalue weighted by molar-refractivity contribution is 5.84. The number of morpholine rings is 1. The van der Waals surface area contributed by atoms with Crippen molar-refractivity contribution in [3.05, 3.63) is 36.0 Å². The van der Waals surface area contributed by atoms with Crippen LogP contribution in [0.15, 0.2) is 30.5 Å². The summed E-state index contributed by atoms with van der Waals surface area (Å²) in [5.41, 5.74) is 2.16. The molecule has 1 atom stereocenters. The number of aromatic amines is 1. The molecule has 0 bridgehead atoms. The first kappa shape index (κ1) is 14.6. The molecule has 1 saturated heterocycles. The molecule has 0 spiro atoms. The number of benzene rings is 1. The molecular weight excluding hydrogens is 284 g/mol. The third kappa shape index (κ3) is 2.96. The van der Waals surface area contributed by atoms with Gasteiger partial charge in [-0.1, -0.05) is 18.2 Å². The van der Waals surface area contributed by atoms with Gasteiger partial charge in [0.2, 0.25) is 5.91 Å². The Morgan fingerprint density at radius 1 is 1.36 bits per heavy atom. The summed E-state index contributed by atoms with van der Waals surface area (Å²) in [5, 5.41) is 10.1. The maximum absolute atomic E-state index is 12.3. The standard InChI is InChI=1S/C16H18N2O4/c19-15(18-7-8-22-14(10-18)16(20)21)6-5-11-9-17-13-4-2-1-3-12(11)13/h1-4,9,14,17H,5-8,10H2,(H,20,21)/t14-/m0/s1. The van der Waals surface area contributed by atoms with Crippen LogP contribution in [0.1, 0.15) is 12.0 Å². The molecule has 22 heavy (non-hydrogen) atoms. The molecule has 2 heterocycles. The van der Waals surface area contributed by atoms with Crippen LogP contribution in [0.25, 0.3) is 10.9 Å². The highest BCUT2D eigenvalue weighted by atomic mass is 16.5. The van der Waals surface area contributed by atoms with E-state index in [1.165, 1.54) is 0 Å². The Morgan fingerprint density at radius 3 is 3.00 bits per heavy atom. The molecular formula is C16H18N2O4. The monoisotopic (exact) mass is 302 g/mol. The average Bonchev–Trinajstić information content (AvgIpc) is 2.96. The number of nitrogens with one attached hydrogen (secondary N) is 1. The fourth-order valence-corrected chi connectivity index (χ4v) is 2.76.